The summed E-state index contributed by atoms with van der Waals surface area (Å²) in [7, 11) is -2.26. The van der Waals surface area contributed by atoms with Gasteiger partial charge in [-0.3, -0.25) is 13.9 Å². The first-order valence-corrected chi connectivity index (χ1v) is 14.5. The third-order valence-corrected chi connectivity index (χ3v) is 7.57. The molecule has 196 valence electrons. The van der Waals surface area contributed by atoms with Crippen molar-refractivity contribution in [3.63, 3.8) is 0 Å². The van der Waals surface area contributed by atoms with E-state index in [4.69, 9.17) is 0 Å². The highest BCUT2D eigenvalue weighted by Crippen LogP contribution is 2.23. The first-order valence-electron chi connectivity index (χ1n) is 11.8. The predicted octanol–water partition coefficient (Wildman–Crippen LogP) is 4.22. The number of nitrogens with one attached hydrogen (secondary N) is 1. The Kier molecular flexibility index (Phi) is 9.50. The summed E-state index contributed by atoms with van der Waals surface area (Å²) in [5.41, 5.74) is 3.87. The molecule has 7 nitrogen and oxygen atoms in total. The van der Waals surface area contributed by atoms with Gasteiger partial charge in [-0.2, -0.15) is 0 Å². The summed E-state index contributed by atoms with van der Waals surface area (Å²) in [6, 6.07) is 21.5. The lowest BCUT2D eigenvalue weighted by Crippen LogP contribution is -2.52. The van der Waals surface area contributed by atoms with Crippen LogP contribution in [0.3, 0.4) is 0 Å². The fourth-order valence-corrected chi connectivity index (χ4v) is 5.54. The summed E-state index contributed by atoms with van der Waals surface area (Å²) in [4.78, 5) is 28.5. The van der Waals surface area contributed by atoms with E-state index >= 15 is 0 Å². The van der Waals surface area contributed by atoms with Crippen molar-refractivity contribution >= 4 is 43.5 Å². The Bertz CT molecular complexity index is 1340. The SMILES string of the molecule is CNC(=O)[C@@H](Cc1ccccc1)N(Cc1cccc(Br)c1)C(=O)CN(c1cc(C)cc(C)c1)S(C)(=O)=O. The van der Waals surface area contributed by atoms with Gasteiger partial charge in [-0.1, -0.05) is 64.5 Å². The molecule has 3 aromatic carbocycles. The van der Waals surface area contributed by atoms with E-state index in [9.17, 15) is 18.0 Å². The van der Waals surface area contributed by atoms with Crippen LogP contribution in [0.5, 0.6) is 0 Å². The van der Waals surface area contributed by atoms with Crippen molar-refractivity contribution in [2.45, 2.75) is 32.9 Å². The van der Waals surface area contributed by atoms with E-state index in [0.29, 0.717) is 5.69 Å². The van der Waals surface area contributed by atoms with Gasteiger partial charge < -0.3 is 10.2 Å². The van der Waals surface area contributed by atoms with Crippen LogP contribution in [0, 0.1) is 13.8 Å². The molecule has 0 aliphatic heterocycles. The van der Waals surface area contributed by atoms with Gasteiger partial charge in [0.15, 0.2) is 0 Å². The van der Waals surface area contributed by atoms with Crippen LogP contribution in [0.2, 0.25) is 0 Å². The third-order valence-electron chi connectivity index (χ3n) is 5.93. The Morgan fingerprint density at radius 3 is 2.11 bits per heavy atom. The quantitative estimate of drug-likeness (QED) is 0.386. The maximum absolute atomic E-state index is 13.9. The highest BCUT2D eigenvalue weighted by atomic mass is 79.9. The lowest BCUT2D eigenvalue weighted by Gasteiger charge is -2.33. The molecule has 1 N–H and O–H groups in total. The zero-order valence-electron chi connectivity index (χ0n) is 21.4. The van der Waals surface area contributed by atoms with Crippen molar-refractivity contribution in [2.24, 2.45) is 0 Å². The van der Waals surface area contributed by atoms with E-state index < -0.39 is 28.5 Å². The molecule has 0 radical (unpaired) electrons. The van der Waals surface area contributed by atoms with Crippen LogP contribution >= 0.6 is 15.9 Å². The van der Waals surface area contributed by atoms with Gasteiger partial charge in [0.05, 0.1) is 11.9 Å². The van der Waals surface area contributed by atoms with Crippen LogP contribution in [0.25, 0.3) is 0 Å². The monoisotopic (exact) mass is 585 g/mol. The minimum atomic E-state index is -3.79. The Balaban J connectivity index is 2.04. The number of carbonyl (C=O) groups excluding carboxylic acids is 2. The number of rotatable bonds is 10. The maximum atomic E-state index is 13.9. The number of benzene rings is 3. The molecule has 1 atom stereocenters. The topological polar surface area (TPSA) is 86.8 Å². The molecule has 2 amide bonds. The fraction of sp³-hybridized carbons (Fsp3) is 0.286. The zero-order valence-corrected chi connectivity index (χ0v) is 23.8. The number of hydrogen-bond donors (Lipinski definition) is 1. The van der Waals surface area contributed by atoms with Crippen LogP contribution in [0.4, 0.5) is 5.69 Å². The van der Waals surface area contributed by atoms with Crippen LogP contribution in [-0.4, -0.2) is 51.0 Å². The molecule has 0 aliphatic rings. The summed E-state index contributed by atoms with van der Waals surface area (Å²) in [6.07, 6.45) is 1.36. The number of carbonyl (C=O) groups is 2. The van der Waals surface area contributed by atoms with Gasteiger partial charge in [-0.05, 0) is 60.4 Å². The highest BCUT2D eigenvalue weighted by Gasteiger charge is 2.32. The third kappa shape index (κ3) is 7.90. The lowest BCUT2D eigenvalue weighted by atomic mass is 10.0. The number of nitrogens with zero attached hydrogens (tertiary/aromatic N) is 2. The lowest BCUT2D eigenvalue weighted by molar-refractivity contribution is -0.139. The normalized spacial score (nSPS) is 12.0. The van der Waals surface area contributed by atoms with E-state index in [1.807, 2.05) is 74.5 Å². The minimum Gasteiger partial charge on any atom is -0.357 e. The molecule has 9 heteroatoms. The Morgan fingerprint density at radius 1 is 0.919 bits per heavy atom. The summed E-state index contributed by atoms with van der Waals surface area (Å²) < 4.78 is 27.6. The molecule has 0 aromatic heterocycles. The molecule has 0 heterocycles. The van der Waals surface area contributed by atoms with Crippen molar-refractivity contribution < 1.29 is 18.0 Å². The molecule has 0 spiro atoms. The Morgan fingerprint density at radius 2 is 1.54 bits per heavy atom. The number of aryl methyl sites for hydroxylation is 2. The molecule has 0 bridgehead atoms. The molecule has 37 heavy (non-hydrogen) atoms. The molecule has 3 aromatic rings. The van der Waals surface area contributed by atoms with Gasteiger partial charge in [0.25, 0.3) is 0 Å². The number of halogens is 1. The number of sulfonamides is 1. The van der Waals surface area contributed by atoms with Gasteiger partial charge in [-0.15, -0.1) is 0 Å². The Hall–Kier alpha value is -3.17. The number of hydrogen-bond acceptors (Lipinski definition) is 4. The number of likely N-dealkylation sites (N-methyl/N-ethyl adjacent to an activating group) is 1. The standard InChI is InChI=1S/C28H32BrN3O4S/c1-20-13-21(2)15-25(14-20)32(37(4,35)36)19-27(33)31(18-23-11-8-12-24(29)16-23)26(28(34)30-3)17-22-9-6-5-7-10-22/h5-16,26H,17-19H2,1-4H3,(H,30,34)/t26-/m1/s1. The summed E-state index contributed by atoms with van der Waals surface area (Å²) >= 11 is 3.46. The smallest absolute Gasteiger partial charge is 0.244 e. The molecule has 0 aliphatic carbocycles. The van der Waals surface area contributed by atoms with Gasteiger partial charge in [-0.25, -0.2) is 8.42 Å². The largest absolute Gasteiger partial charge is 0.357 e. The molecular formula is C28H32BrN3O4S. The fourth-order valence-electron chi connectivity index (χ4n) is 4.26. The van der Waals surface area contributed by atoms with Gasteiger partial charge in [0.1, 0.15) is 12.6 Å². The van der Waals surface area contributed by atoms with Crippen LogP contribution < -0.4 is 9.62 Å². The van der Waals surface area contributed by atoms with Crippen LogP contribution in [0.1, 0.15) is 22.3 Å². The summed E-state index contributed by atoms with van der Waals surface area (Å²) in [5, 5.41) is 2.67. The highest BCUT2D eigenvalue weighted by molar-refractivity contribution is 9.10. The first kappa shape index (κ1) is 28.4. The summed E-state index contributed by atoms with van der Waals surface area (Å²) in [5.74, 6) is -0.807. The zero-order chi connectivity index (χ0) is 27.2. The van der Waals surface area contributed by atoms with Crippen LogP contribution in [-0.2, 0) is 32.6 Å². The van der Waals surface area contributed by atoms with E-state index in [1.54, 1.807) is 12.1 Å². The van der Waals surface area contributed by atoms with E-state index in [2.05, 4.69) is 21.2 Å². The number of anilines is 1. The predicted molar refractivity (Wildman–Crippen MR) is 151 cm³/mol. The first-order chi connectivity index (χ1) is 17.5. The average molecular weight is 587 g/mol. The van der Waals surface area contributed by atoms with Crippen molar-refractivity contribution in [3.8, 4) is 0 Å². The molecule has 0 unspecified atom stereocenters. The van der Waals surface area contributed by atoms with E-state index in [0.717, 1.165) is 37.3 Å². The molecule has 3 rings (SSSR count). The van der Waals surface area contributed by atoms with Crippen molar-refractivity contribution in [1.29, 1.82) is 0 Å². The summed E-state index contributed by atoms with van der Waals surface area (Å²) in [6.45, 7) is 3.45. The van der Waals surface area contributed by atoms with Gasteiger partial charge >= 0.3 is 0 Å². The molecule has 0 saturated heterocycles. The molecular weight excluding hydrogens is 554 g/mol. The Labute approximate surface area is 227 Å². The molecule has 0 saturated carbocycles. The maximum Gasteiger partial charge on any atom is 0.244 e. The number of amides is 2. The van der Waals surface area contributed by atoms with Gasteiger partial charge in [0.2, 0.25) is 21.8 Å². The molecule has 0 fully saturated rings. The second-order valence-electron chi connectivity index (χ2n) is 9.09. The minimum absolute atomic E-state index is 0.133. The second-order valence-corrected chi connectivity index (χ2v) is 11.9. The van der Waals surface area contributed by atoms with Crippen molar-refractivity contribution in [1.82, 2.24) is 10.2 Å². The van der Waals surface area contributed by atoms with Crippen molar-refractivity contribution in [2.75, 3.05) is 24.2 Å². The van der Waals surface area contributed by atoms with Gasteiger partial charge in [0, 0.05) is 24.5 Å². The van der Waals surface area contributed by atoms with Crippen molar-refractivity contribution in [3.05, 3.63) is 99.5 Å². The second kappa shape index (κ2) is 12.4. The van der Waals surface area contributed by atoms with Crippen LogP contribution in [0.15, 0.2) is 77.3 Å². The van der Waals surface area contributed by atoms with E-state index in [-0.39, 0.29) is 18.9 Å². The average Bonchev–Trinajstić information content (AvgIpc) is 2.83. The van der Waals surface area contributed by atoms with E-state index in [1.165, 1.54) is 11.9 Å².